The second-order valence-electron chi connectivity index (χ2n) is 6.27. The van der Waals surface area contributed by atoms with Gasteiger partial charge in [0.1, 0.15) is 12.4 Å². The van der Waals surface area contributed by atoms with E-state index in [0.29, 0.717) is 12.5 Å². The van der Waals surface area contributed by atoms with Gasteiger partial charge in [0.2, 0.25) is 0 Å². The van der Waals surface area contributed by atoms with Crippen LogP contribution in [0.1, 0.15) is 42.0 Å². The fraction of sp³-hybridized carbons (Fsp3) is 0.400. The molecule has 0 heterocycles. The van der Waals surface area contributed by atoms with Crippen LogP contribution in [0.25, 0.3) is 0 Å². The highest BCUT2D eigenvalue weighted by atomic mass is 16.5. The van der Waals surface area contributed by atoms with Gasteiger partial charge in [0.15, 0.2) is 0 Å². The van der Waals surface area contributed by atoms with E-state index in [1.54, 1.807) is 0 Å². The van der Waals surface area contributed by atoms with Gasteiger partial charge in [0, 0.05) is 12.2 Å². The standard InChI is InChI=1S/C20H27NO/c1-14(2)18-6-8-19(9-7-18)22-11-10-21-20-16(4)12-15(3)13-17(20)5/h6-9,12-14,21H,10-11H2,1-5H3. The summed E-state index contributed by atoms with van der Waals surface area (Å²) in [6.07, 6.45) is 0. The van der Waals surface area contributed by atoms with Crippen LogP contribution in [0.15, 0.2) is 36.4 Å². The molecule has 0 atom stereocenters. The first kappa shape index (κ1) is 16.4. The zero-order valence-corrected chi connectivity index (χ0v) is 14.4. The first-order chi connectivity index (χ1) is 10.5. The molecule has 0 bridgehead atoms. The van der Waals surface area contributed by atoms with Crippen molar-refractivity contribution in [2.45, 2.75) is 40.5 Å². The van der Waals surface area contributed by atoms with E-state index in [1.807, 2.05) is 0 Å². The molecule has 0 saturated heterocycles. The van der Waals surface area contributed by atoms with E-state index in [4.69, 9.17) is 4.74 Å². The molecule has 2 rings (SSSR count). The van der Waals surface area contributed by atoms with Crippen LogP contribution in [-0.4, -0.2) is 13.2 Å². The Balaban J connectivity index is 1.85. The monoisotopic (exact) mass is 297 g/mol. The Labute approximate surface area is 134 Å². The van der Waals surface area contributed by atoms with Crippen LogP contribution in [0.2, 0.25) is 0 Å². The maximum absolute atomic E-state index is 5.80. The predicted molar refractivity (Wildman–Crippen MR) is 95.2 cm³/mol. The van der Waals surface area contributed by atoms with Crippen molar-refractivity contribution in [3.63, 3.8) is 0 Å². The lowest BCUT2D eigenvalue weighted by Crippen LogP contribution is -2.13. The number of hydrogen-bond donors (Lipinski definition) is 1. The maximum atomic E-state index is 5.80. The van der Waals surface area contributed by atoms with Crippen LogP contribution in [0, 0.1) is 20.8 Å². The predicted octanol–water partition coefficient (Wildman–Crippen LogP) is 5.23. The van der Waals surface area contributed by atoms with Crippen molar-refractivity contribution in [3.8, 4) is 5.75 Å². The van der Waals surface area contributed by atoms with Gasteiger partial charge in [-0.2, -0.15) is 0 Å². The Morgan fingerprint density at radius 1 is 0.955 bits per heavy atom. The average molecular weight is 297 g/mol. The molecular weight excluding hydrogens is 270 g/mol. The number of nitrogens with one attached hydrogen (secondary N) is 1. The molecule has 0 fully saturated rings. The molecule has 0 aliphatic carbocycles. The molecule has 2 heteroatoms. The lowest BCUT2D eigenvalue weighted by atomic mass is 10.0. The summed E-state index contributed by atoms with van der Waals surface area (Å²) in [6, 6.07) is 12.8. The quantitative estimate of drug-likeness (QED) is 0.737. The summed E-state index contributed by atoms with van der Waals surface area (Å²) in [5, 5.41) is 3.48. The lowest BCUT2D eigenvalue weighted by Gasteiger charge is -2.14. The van der Waals surface area contributed by atoms with Crippen LogP contribution >= 0.6 is 0 Å². The third kappa shape index (κ3) is 4.27. The van der Waals surface area contributed by atoms with Crippen molar-refractivity contribution in [3.05, 3.63) is 58.7 Å². The first-order valence-electron chi connectivity index (χ1n) is 8.02. The first-order valence-corrected chi connectivity index (χ1v) is 8.02. The molecule has 0 amide bonds. The van der Waals surface area contributed by atoms with Crippen molar-refractivity contribution in [2.24, 2.45) is 0 Å². The minimum atomic E-state index is 0.559. The van der Waals surface area contributed by atoms with E-state index in [1.165, 1.54) is 27.9 Å². The number of ether oxygens (including phenoxy) is 1. The van der Waals surface area contributed by atoms with E-state index in [2.05, 4.69) is 76.3 Å². The minimum Gasteiger partial charge on any atom is -0.492 e. The Morgan fingerprint density at radius 2 is 1.55 bits per heavy atom. The van der Waals surface area contributed by atoms with Gasteiger partial charge in [-0.3, -0.25) is 0 Å². The summed E-state index contributed by atoms with van der Waals surface area (Å²) in [7, 11) is 0. The van der Waals surface area contributed by atoms with Crippen LogP contribution in [-0.2, 0) is 0 Å². The van der Waals surface area contributed by atoms with Crippen LogP contribution in [0.5, 0.6) is 5.75 Å². The Morgan fingerprint density at radius 3 is 2.09 bits per heavy atom. The molecule has 0 radical (unpaired) electrons. The van der Waals surface area contributed by atoms with E-state index in [9.17, 15) is 0 Å². The normalized spacial score (nSPS) is 10.8. The van der Waals surface area contributed by atoms with Gasteiger partial charge in [0.25, 0.3) is 0 Å². The summed E-state index contributed by atoms with van der Waals surface area (Å²) in [6.45, 7) is 12.3. The summed E-state index contributed by atoms with van der Waals surface area (Å²) in [5.74, 6) is 1.49. The van der Waals surface area contributed by atoms with E-state index in [0.717, 1.165) is 12.3 Å². The van der Waals surface area contributed by atoms with Crippen molar-refractivity contribution in [1.82, 2.24) is 0 Å². The van der Waals surface area contributed by atoms with Gasteiger partial charge < -0.3 is 10.1 Å². The van der Waals surface area contributed by atoms with Gasteiger partial charge in [-0.1, -0.05) is 43.7 Å². The van der Waals surface area contributed by atoms with Crippen molar-refractivity contribution >= 4 is 5.69 Å². The van der Waals surface area contributed by atoms with Crippen LogP contribution < -0.4 is 10.1 Å². The molecule has 0 unspecified atom stereocenters. The van der Waals surface area contributed by atoms with Gasteiger partial charge in [-0.25, -0.2) is 0 Å². The molecule has 0 aromatic heterocycles. The average Bonchev–Trinajstić information content (AvgIpc) is 2.46. The maximum Gasteiger partial charge on any atom is 0.119 e. The molecular formula is C20H27NO. The summed E-state index contributed by atoms with van der Waals surface area (Å²) in [5.41, 5.74) is 6.46. The second-order valence-corrected chi connectivity index (χ2v) is 6.27. The van der Waals surface area contributed by atoms with Crippen molar-refractivity contribution in [2.75, 3.05) is 18.5 Å². The highest BCUT2D eigenvalue weighted by molar-refractivity contribution is 5.58. The smallest absolute Gasteiger partial charge is 0.119 e. The third-order valence-corrected chi connectivity index (χ3v) is 3.90. The van der Waals surface area contributed by atoms with Crippen LogP contribution in [0.4, 0.5) is 5.69 Å². The van der Waals surface area contributed by atoms with Gasteiger partial charge in [0.05, 0.1) is 0 Å². The Kier molecular flexibility index (Phi) is 5.48. The molecule has 0 aliphatic heterocycles. The molecule has 118 valence electrons. The fourth-order valence-electron chi connectivity index (χ4n) is 2.75. The number of anilines is 1. The largest absolute Gasteiger partial charge is 0.492 e. The second kappa shape index (κ2) is 7.35. The summed E-state index contributed by atoms with van der Waals surface area (Å²) >= 11 is 0. The Bertz CT molecular complexity index is 591. The van der Waals surface area contributed by atoms with Crippen LogP contribution in [0.3, 0.4) is 0 Å². The van der Waals surface area contributed by atoms with Crippen molar-refractivity contribution in [1.29, 1.82) is 0 Å². The SMILES string of the molecule is Cc1cc(C)c(NCCOc2ccc(C(C)C)cc2)c(C)c1. The lowest BCUT2D eigenvalue weighted by molar-refractivity contribution is 0.332. The Hall–Kier alpha value is -1.96. The van der Waals surface area contributed by atoms with Gasteiger partial charge >= 0.3 is 0 Å². The van der Waals surface area contributed by atoms with E-state index in [-0.39, 0.29) is 0 Å². The van der Waals surface area contributed by atoms with E-state index < -0.39 is 0 Å². The summed E-state index contributed by atoms with van der Waals surface area (Å²) in [4.78, 5) is 0. The highest BCUT2D eigenvalue weighted by Crippen LogP contribution is 2.22. The highest BCUT2D eigenvalue weighted by Gasteiger charge is 2.03. The molecule has 0 saturated carbocycles. The topological polar surface area (TPSA) is 21.3 Å². The number of benzene rings is 2. The van der Waals surface area contributed by atoms with Gasteiger partial charge in [-0.05, 0) is 55.5 Å². The number of hydrogen-bond acceptors (Lipinski definition) is 2. The number of rotatable bonds is 6. The number of aryl methyl sites for hydroxylation is 3. The summed E-state index contributed by atoms with van der Waals surface area (Å²) < 4.78 is 5.80. The zero-order valence-electron chi connectivity index (χ0n) is 14.4. The van der Waals surface area contributed by atoms with E-state index >= 15 is 0 Å². The molecule has 1 N–H and O–H groups in total. The van der Waals surface area contributed by atoms with Gasteiger partial charge in [-0.15, -0.1) is 0 Å². The molecule has 2 aromatic carbocycles. The minimum absolute atomic E-state index is 0.559. The molecule has 2 nitrogen and oxygen atoms in total. The molecule has 22 heavy (non-hydrogen) atoms. The zero-order chi connectivity index (χ0) is 16.1. The van der Waals surface area contributed by atoms with Crippen molar-refractivity contribution < 1.29 is 4.74 Å². The molecule has 0 spiro atoms. The third-order valence-electron chi connectivity index (χ3n) is 3.90. The fourth-order valence-corrected chi connectivity index (χ4v) is 2.75. The molecule has 2 aromatic rings. The molecule has 0 aliphatic rings.